The van der Waals surface area contributed by atoms with Crippen LogP contribution in [0, 0.1) is 0 Å². The van der Waals surface area contributed by atoms with Gasteiger partial charge in [0, 0.05) is 32.7 Å². The van der Waals surface area contributed by atoms with Gasteiger partial charge in [-0.2, -0.15) is 0 Å². The zero-order chi connectivity index (χ0) is 24.9. The minimum Gasteiger partial charge on any atom is -0.352 e. The molecule has 0 fully saturated rings. The van der Waals surface area contributed by atoms with Crippen molar-refractivity contribution in [2.24, 2.45) is 0 Å². The zero-order valence-electron chi connectivity index (χ0n) is 18.7. The van der Waals surface area contributed by atoms with Gasteiger partial charge in [0.15, 0.2) is 0 Å². The van der Waals surface area contributed by atoms with Gasteiger partial charge in [-0.25, -0.2) is 8.42 Å². The van der Waals surface area contributed by atoms with Gasteiger partial charge in [-0.05, 0) is 57.2 Å². The first-order chi connectivity index (χ1) is 15.3. The fourth-order valence-electron chi connectivity index (χ4n) is 3.06. The van der Waals surface area contributed by atoms with Crippen molar-refractivity contribution in [3.05, 3.63) is 62.5 Å². The number of nitrogens with one attached hydrogen (secondary N) is 1. The molecule has 0 aliphatic carbocycles. The van der Waals surface area contributed by atoms with Crippen molar-refractivity contribution in [1.29, 1.82) is 0 Å². The van der Waals surface area contributed by atoms with Crippen molar-refractivity contribution in [1.82, 2.24) is 10.2 Å². The summed E-state index contributed by atoms with van der Waals surface area (Å²) in [4.78, 5) is 27.5. The monoisotopic (exact) mass is 577 g/mol. The van der Waals surface area contributed by atoms with Gasteiger partial charge in [-0.1, -0.05) is 45.2 Å². The molecule has 11 heteroatoms. The minimum atomic E-state index is -3.80. The van der Waals surface area contributed by atoms with E-state index in [-0.39, 0.29) is 18.5 Å². The first-order valence-corrected chi connectivity index (χ1v) is 13.5. The van der Waals surface area contributed by atoms with Crippen LogP contribution in [-0.4, -0.2) is 50.0 Å². The molecule has 2 aromatic carbocycles. The van der Waals surface area contributed by atoms with Gasteiger partial charge >= 0.3 is 0 Å². The molecule has 0 aromatic heterocycles. The molecular weight excluding hydrogens is 553 g/mol. The molecule has 0 aliphatic heterocycles. The summed E-state index contributed by atoms with van der Waals surface area (Å²) in [6, 6.07) is 10.4. The Bertz CT molecular complexity index is 1090. The maximum absolute atomic E-state index is 13.4. The molecule has 0 saturated carbocycles. The van der Waals surface area contributed by atoms with Crippen molar-refractivity contribution in [3.8, 4) is 0 Å². The summed E-state index contributed by atoms with van der Waals surface area (Å²) in [5, 5.41) is 3.45. The highest BCUT2D eigenvalue weighted by atomic mass is 79.9. The molecule has 33 heavy (non-hydrogen) atoms. The first kappa shape index (κ1) is 27.4. The lowest BCUT2D eigenvalue weighted by atomic mass is 10.1. The number of benzene rings is 2. The number of carbonyl (C=O) groups excluding carboxylic acids is 2. The third kappa shape index (κ3) is 7.60. The minimum absolute atomic E-state index is 0.0675. The van der Waals surface area contributed by atoms with E-state index in [4.69, 9.17) is 23.2 Å². The normalized spacial score (nSPS) is 12.4. The fraction of sp³-hybridized carbons (Fsp3) is 0.364. The van der Waals surface area contributed by atoms with Crippen LogP contribution in [0.5, 0.6) is 0 Å². The molecule has 0 saturated heterocycles. The molecule has 0 unspecified atom stereocenters. The lowest BCUT2D eigenvalue weighted by Crippen LogP contribution is -2.52. The van der Waals surface area contributed by atoms with E-state index in [0.717, 1.165) is 15.0 Å². The number of anilines is 1. The van der Waals surface area contributed by atoms with Gasteiger partial charge in [0.05, 0.1) is 11.9 Å². The molecule has 0 heterocycles. The van der Waals surface area contributed by atoms with E-state index in [9.17, 15) is 18.0 Å². The van der Waals surface area contributed by atoms with Gasteiger partial charge in [0.1, 0.15) is 12.6 Å². The van der Waals surface area contributed by atoms with Crippen LogP contribution < -0.4 is 9.62 Å². The average molecular weight is 579 g/mol. The van der Waals surface area contributed by atoms with Crippen LogP contribution in [0.15, 0.2) is 46.9 Å². The first-order valence-electron chi connectivity index (χ1n) is 10.1. The van der Waals surface area contributed by atoms with Gasteiger partial charge in [0.25, 0.3) is 0 Å². The van der Waals surface area contributed by atoms with Crippen LogP contribution in [0.3, 0.4) is 0 Å². The Hall–Kier alpha value is -1.81. The standard InChI is InChI=1S/C22H26BrCl2N3O4S/c1-14(2)26-22(30)15(3)27(12-18-19(24)6-5-7-20(18)25)21(29)13-28(33(4,31)32)17-10-8-16(23)9-11-17/h5-11,14-15H,12-13H2,1-4H3,(H,26,30)/t15-/m1/s1. The fourth-order valence-corrected chi connectivity index (χ4v) is 4.69. The average Bonchev–Trinajstić information content (AvgIpc) is 2.70. The van der Waals surface area contributed by atoms with Gasteiger partial charge in [-0.15, -0.1) is 0 Å². The number of amides is 2. The van der Waals surface area contributed by atoms with Crippen molar-refractivity contribution in [3.63, 3.8) is 0 Å². The van der Waals surface area contributed by atoms with Crippen LogP contribution in [0.2, 0.25) is 10.0 Å². The third-order valence-corrected chi connectivity index (χ3v) is 7.16. The SMILES string of the molecule is CC(C)NC(=O)[C@@H](C)N(Cc1c(Cl)cccc1Cl)C(=O)CN(c1ccc(Br)cc1)S(C)(=O)=O. The summed E-state index contributed by atoms with van der Waals surface area (Å²) >= 11 is 15.9. The lowest BCUT2D eigenvalue weighted by Gasteiger charge is -2.32. The second-order valence-electron chi connectivity index (χ2n) is 7.81. The quantitative estimate of drug-likeness (QED) is 0.476. The van der Waals surface area contributed by atoms with Gasteiger partial charge < -0.3 is 10.2 Å². The van der Waals surface area contributed by atoms with Crippen molar-refractivity contribution in [2.45, 2.75) is 39.4 Å². The summed E-state index contributed by atoms with van der Waals surface area (Å²) in [7, 11) is -3.80. The molecule has 0 bridgehead atoms. The molecule has 1 N–H and O–H groups in total. The number of sulfonamides is 1. The van der Waals surface area contributed by atoms with Crippen LogP contribution in [0.4, 0.5) is 5.69 Å². The van der Waals surface area contributed by atoms with Crippen molar-refractivity contribution >= 4 is 66.7 Å². The zero-order valence-corrected chi connectivity index (χ0v) is 22.6. The maximum Gasteiger partial charge on any atom is 0.244 e. The largest absolute Gasteiger partial charge is 0.352 e. The molecule has 2 rings (SSSR count). The summed E-state index contributed by atoms with van der Waals surface area (Å²) < 4.78 is 26.8. The molecule has 180 valence electrons. The molecule has 7 nitrogen and oxygen atoms in total. The number of hydrogen-bond donors (Lipinski definition) is 1. The Balaban J connectivity index is 2.44. The smallest absolute Gasteiger partial charge is 0.244 e. The molecule has 0 radical (unpaired) electrons. The number of rotatable bonds is 9. The molecule has 0 spiro atoms. The van der Waals surface area contributed by atoms with E-state index in [1.807, 2.05) is 0 Å². The number of carbonyl (C=O) groups is 2. The van der Waals surface area contributed by atoms with Crippen molar-refractivity contribution < 1.29 is 18.0 Å². The van der Waals surface area contributed by atoms with E-state index < -0.39 is 28.5 Å². The highest BCUT2D eigenvalue weighted by Gasteiger charge is 2.31. The molecule has 0 aliphatic rings. The molecule has 2 amide bonds. The molecule has 2 aromatic rings. The highest BCUT2D eigenvalue weighted by molar-refractivity contribution is 9.10. The van der Waals surface area contributed by atoms with E-state index >= 15 is 0 Å². The van der Waals surface area contributed by atoms with Crippen molar-refractivity contribution in [2.75, 3.05) is 17.1 Å². The van der Waals surface area contributed by atoms with Crippen LogP contribution in [0.25, 0.3) is 0 Å². The number of hydrogen-bond acceptors (Lipinski definition) is 4. The number of halogens is 3. The van der Waals surface area contributed by atoms with Crippen LogP contribution in [0.1, 0.15) is 26.3 Å². The van der Waals surface area contributed by atoms with Crippen LogP contribution in [-0.2, 0) is 26.2 Å². The summed E-state index contributed by atoms with van der Waals surface area (Å²) in [5.41, 5.74) is 0.789. The molecule has 1 atom stereocenters. The second kappa shape index (κ2) is 11.6. The Kier molecular flexibility index (Phi) is 9.60. The number of nitrogens with zero attached hydrogens (tertiary/aromatic N) is 2. The summed E-state index contributed by atoms with van der Waals surface area (Å²) in [6.07, 6.45) is 1.02. The second-order valence-corrected chi connectivity index (χ2v) is 11.4. The van der Waals surface area contributed by atoms with E-state index in [2.05, 4.69) is 21.2 Å². The summed E-state index contributed by atoms with van der Waals surface area (Å²) in [6.45, 7) is 4.62. The van der Waals surface area contributed by atoms with Crippen LogP contribution >= 0.6 is 39.1 Å². The molecular formula is C22H26BrCl2N3O4S. The highest BCUT2D eigenvalue weighted by Crippen LogP contribution is 2.27. The Labute approximate surface area is 213 Å². The van der Waals surface area contributed by atoms with Gasteiger partial charge in [-0.3, -0.25) is 13.9 Å². The third-order valence-electron chi connectivity index (χ3n) is 4.78. The van der Waals surface area contributed by atoms with E-state index in [1.54, 1.807) is 63.2 Å². The lowest BCUT2D eigenvalue weighted by molar-refractivity contribution is -0.139. The van der Waals surface area contributed by atoms with E-state index in [1.165, 1.54) is 4.90 Å². The van der Waals surface area contributed by atoms with Gasteiger partial charge in [0.2, 0.25) is 21.8 Å². The Morgan fingerprint density at radius 2 is 1.58 bits per heavy atom. The predicted molar refractivity (Wildman–Crippen MR) is 136 cm³/mol. The maximum atomic E-state index is 13.4. The topological polar surface area (TPSA) is 86.8 Å². The summed E-state index contributed by atoms with van der Waals surface area (Å²) in [5.74, 6) is -0.957. The Morgan fingerprint density at radius 1 is 1.03 bits per heavy atom. The Morgan fingerprint density at radius 3 is 2.06 bits per heavy atom. The predicted octanol–water partition coefficient (Wildman–Crippen LogP) is 4.46. The van der Waals surface area contributed by atoms with E-state index in [0.29, 0.717) is 21.3 Å².